The van der Waals surface area contributed by atoms with Gasteiger partial charge in [0.2, 0.25) is 0 Å². The summed E-state index contributed by atoms with van der Waals surface area (Å²) in [6.07, 6.45) is 0. The fraction of sp³-hybridized carbons (Fsp3) is 0.176. The molecule has 0 fully saturated rings. The Hall–Kier alpha value is -2.53. The van der Waals surface area contributed by atoms with Gasteiger partial charge in [0.25, 0.3) is 5.91 Å². The van der Waals surface area contributed by atoms with Crippen LogP contribution in [0, 0.1) is 12.7 Å². The smallest absolute Gasteiger partial charge is 0.447 e. The Kier molecular flexibility index (Phi) is 5.15. The van der Waals surface area contributed by atoms with Crippen LogP contribution >= 0.6 is 23.1 Å². The lowest BCUT2D eigenvalue weighted by Crippen LogP contribution is -2.12. The first-order valence-electron chi connectivity index (χ1n) is 7.60. The summed E-state index contributed by atoms with van der Waals surface area (Å²) in [5, 5.41) is 9.35. The van der Waals surface area contributed by atoms with E-state index in [2.05, 4.69) is 0 Å². The van der Waals surface area contributed by atoms with Crippen LogP contribution in [0.5, 0.6) is 11.5 Å². The minimum Gasteiger partial charge on any atom is -0.505 e. The number of hydrogen-bond acceptors (Lipinski definition) is 6. The molecule has 0 amide bonds. The Morgan fingerprint density at radius 3 is 2.50 bits per heavy atom. The van der Waals surface area contributed by atoms with E-state index in [9.17, 15) is 32.3 Å². The van der Waals surface area contributed by atoms with Crippen molar-refractivity contribution in [2.24, 2.45) is 0 Å². The molecule has 0 bridgehead atoms. The second-order valence-electron chi connectivity index (χ2n) is 5.61. The van der Waals surface area contributed by atoms with Gasteiger partial charge < -0.3 is 9.84 Å². The summed E-state index contributed by atoms with van der Waals surface area (Å²) >= 11 is 0.287. The molecule has 0 aliphatic carbocycles. The molecule has 0 aliphatic rings. The van der Waals surface area contributed by atoms with Gasteiger partial charge in [-0.25, -0.2) is 4.39 Å². The maximum atomic E-state index is 14.5. The molecule has 1 N–H and O–H groups in total. The maximum Gasteiger partial charge on any atom is 0.447 e. The topological polar surface area (TPSA) is 68.5 Å². The number of nitrogens with zero attached hydrogens (tertiary/aromatic N) is 1. The monoisotopic (exact) mass is 433 g/mol. The zero-order valence-electron chi connectivity index (χ0n) is 14.3. The third-order valence-electron chi connectivity index (χ3n) is 3.69. The number of esters is 1. The number of fused-ring (bicyclic) bond motifs is 1. The van der Waals surface area contributed by atoms with Gasteiger partial charge in [0.05, 0.1) is 25.7 Å². The molecule has 3 rings (SSSR count). The van der Waals surface area contributed by atoms with Crippen molar-refractivity contribution >= 4 is 45.9 Å². The van der Waals surface area contributed by atoms with Crippen molar-refractivity contribution in [3.63, 3.8) is 0 Å². The van der Waals surface area contributed by atoms with Gasteiger partial charge in [-0.05, 0) is 43.0 Å². The Morgan fingerprint density at radius 1 is 1.21 bits per heavy atom. The number of aromatic hydroxyl groups is 1. The van der Waals surface area contributed by atoms with Gasteiger partial charge >= 0.3 is 11.5 Å². The second kappa shape index (κ2) is 7.13. The highest BCUT2D eigenvalue weighted by Gasteiger charge is 2.31. The van der Waals surface area contributed by atoms with E-state index in [1.807, 2.05) is 0 Å². The van der Waals surface area contributed by atoms with Crippen LogP contribution in [-0.4, -0.2) is 27.1 Å². The summed E-state index contributed by atoms with van der Waals surface area (Å²) in [7, 11) is 0. The van der Waals surface area contributed by atoms with E-state index in [1.54, 1.807) is 0 Å². The van der Waals surface area contributed by atoms with Crippen molar-refractivity contribution in [3.8, 4) is 11.5 Å². The van der Waals surface area contributed by atoms with E-state index in [-0.39, 0.29) is 43.2 Å². The molecule has 0 spiro atoms. The van der Waals surface area contributed by atoms with Gasteiger partial charge in [0.15, 0.2) is 17.3 Å². The van der Waals surface area contributed by atoms with E-state index >= 15 is 0 Å². The lowest BCUT2D eigenvalue weighted by Gasteiger charge is -2.06. The molecule has 5 nitrogen and oxygen atoms in total. The molecule has 148 valence electrons. The number of hydrogen-bond donors (Lipinski definition) is 1. The maximum absolute atomic E-state index is 14.5. The molecule has 0 radical (unpaired) electrons. The Morgan fingerprint density at radius 2 is 1.89 bits per heavy atom. The summed E-state index contributed by atoms with van der Waals surface area (Å²) < 4.78 is 57.9. The van der Waals surface area contributed by atoms with Gasteiger partial charge in [-0.1, -0.05) is 0 Å². The molecule has 1 aromatic carbocycles. The minimum absolute atomic E-state index is 0.00692. The molecular formula is C17H11F4NO4S2. The Bertz CT molecular complexity index is 1100. The number of benzene rings is 1. The normalized spacial score (nSPS) is 11.8. The standard InChI is InChI=1S/C17H11F4NO4S2/c1-7-15(26-8(2)23)13-9(3-4-10(24)14(13)18)22(7)16(25)11-5-6-12(27-11)28-17(19,20)21/h3-6,24H,1-2H3. The highest BCUT2D eigenvalue weighted by atomic mass is 32.2. The van der Waals surface area contributed by atoms with Crippen LogP contribution in [0.1, 0.15) is 22.3 Å². The van der Waals surface area contributed by atoms with Crippen LogP contribution in [0.25, 0.3) is 10.9 Å². The van der Waals surface area contributed by atoms with Gasteiger partial charge in [-0.3, -0.25) is 14.2 Å². The van der Waals surface area contributed by atoms with Crippen molar-refractivity contribution in [1.82, 2.24) is 4.57 Å². The highest BCUT2D eigenvalue weighted by molar-refractivity contribution is 8.02. The fourth-order valence-electron chi connectivity index (χ4n) is 2.66. The molecular weight excluding hydrogens is 422 g/mol. The average molecular weight is 433 g/mol. The molecule has 2 aromatic heterocycles. The number of alkyl halides is 3. The van der Waals surface area contributed by atoms with Crippen molar-refractivity contribution < 1.29 is 37.0 Å². The molecule has 0 atom stereocenters. The predicted molar refractivity (Wildman–Crippen MR) is 95.6 cm³/mol. The molecule has 0 saturated heterocycles. The highest BCUT2D eigenvalue weighted by Crippen LogP contribution is 2.42. The molecule has 2 heterocycles. The predicted octanol–water partition coefficient (Wildman–Crippen LogP) is 5.08. The van der Waals surface area contributed by atoms with Crippen molar-refractivity contribution in [3.05, 3.63) is 40.7 Å². The van der Waals surface area contributed by atoms with E-state index < -0.39 is 29.0 Å². The van der Waals surface area contributed by atoms with Crippen molar-refractivity contribution in [2.75, 3.05) is 0 Å². The number of phenols is 1. The van der Waals surface area contributed by atoms with Crippen LogP contribution in [0.3, 0.4) is 0 Å². The van der Waals surface area contributed by atoms with Crippen molar-refractivity contribution in [2.45, 2.75) is 23.6 Å². The van der Waals surface area contributed by atoms with E-state index in [4.69, 9.17) is 4.74 Å². The summed E-state index contributed by atoms with van der Waals surface area (Å²) in [5.41, 5.74) is -4.42. The summed E-state index contributed by atoms with van der Waals surface area (Å²) in [6.45, 7) is 2.48. The number of carbonyl (C=O) groups is 2. The first kappa shape index (κ1) is 20.2. The number of thioether (sulfide) groups is 1. The minimum atomic E-state index is -4.50. The number of rotatable bonds is 3. The lowest BCUT2D eigenvalue weighted by atomic mass is 10.2. The first-order chi connectivity index (χ1) is 13.0. The van der Waals surface area contributed by atoms with Crippen LogP contribution in [0.15, 0.2) is 28.5 Å². The molecule has 0 unspecified atom stereocenters. The van der Waals surface area contributed by atoms with Crippen molar-refractivity contribution in [1.29, 1.82) is 0 Å². The SMILES string of the molecule is CC(=O)Oc1c(C)n(C(=O)c2ccc(SC(F)(F)F)s2)c2ccc(O)c(F)c12. The molecule has 28 heavy (non-hydrogen) atoms. The number of thiophene rings is 1. The number of phenolic OH excluding ortho intramolecular Hbond substituents is 1. The van der Waals surface area contributed by atoms with E-state index in [0.29, 0.717) is 11.3 Å². The molecule has 3 aromatic rings. The van der Waals surface area contributed by atoms with Gasteiger partial charge in [0.1, 0.15) is 0 Å². The molecule has 0 aliphatic heterocycles. The third-order valence-corrected chi connectivity index (χ3v) is 5.63. The zero-order chi connectivity index (χ0) is 20.8. The van der Waals surface area contributed by atoms with E-state index in [0.717, 1.165) is 23.6 Å². The third kappa shape index (κ3) is 3.72. The van der Waals surface area contributed by atoms with Crippen LogP contribution in [0.4, 0.5) is 17.6 Å². The van der Waals surface area contributed by atoms with Crippen LogP contribution in [-0.2, 0) is 4.79 Å². The summed E-state index contributed by atoms with van der Waals surface area (Å²) in [5.74, 6) is -3.51. The number of carbonyl (C=O) groups excluding carboxylic acids is 2. The quantitative estimate of drug-likeness (QED) is 0.354. The largest absolute Gasteiger partial charge is 0.505 e. The van der Waals surface area contributed by atoms with E-state index in [1.165, 1.54) is 19.1 Å². The van der Waals surface area contributed by atoms with Gasteiger partial charge in [-0.2, -0.15) is 13.2 Å². The first-order valence-corrected chi connectivity index (χ1v) is 9.24. The van der Waals surface area contributed by atoms with Crippen LogP contribution in [0.2, 0.25) is 0 Å². The number of halogens is 4. The number of aromatic nitrogens is 1. The van der Waals surface area contributed by atoms with Crippen LogP contribution < -0.4 is 4.74 Å². The zero-order valence-corrected chi connectivity index (χ0v) is 15.9. The average Bonchev–Trinajstić information content (AvgIpc) is 3.12. The molecule has 0 saturated carbocycles. The molecule has 11 heteroatoms. The van der Waals surface area contributed by atoms with Gasteiger partial charge in [-0.15, -0.1) is 11.3 Å². The lowest BCUT2D eigenvalue weighted by molar-refractivity contribution is -0.131. The second-order valence-corrected chi connectivity index (χ2v) is 8.06. The van der Waals surface area contributed by atoms with Gasteiger partial charge in [0, 0.05) is 6.92 Å². The number of ether oxygens (including phenoxy) is 1. The Labute approximate surface area is 163 Å². The fourth-order valence-corrected chi connectivity index (χ4v) is 4.42. The Balaban J connectivity index is 2.15. The summed E-state index contributed by atoms with van der Waals surface area (Å²) in [6, 6.07) is 4.67. The summed E-state index contributed by atoms with van der Waals surface area (Å²) in [4.78, 5) is 24.3.